The van der Waals surface area contributed by atoms with E-state index in [4.69, 9.17) is 0 Å². The Balaban J connectivity index is 3.14. The highest BCUT2D eigenvalue weighted by molar-refractivity contribution is 5.71. The molecule has 94 valence electrons. The van der Waals surface area contributed by atoms with Gasteiger partial charge in [-0.15, -0.1) is 0 Å². The maximum Gasteiger partial charge on any atom is 0.308 e. The molecule has 17 heavy (non-hydrogen) atoms. The van der Waals surface area contributed by atoms with Gasteiger partial charge in [-0.1, -0.05) is 38.1 Å². The topological polar surface area (TPSA) is 49.3 Å². The van der Waals surface area contributed by atoms with Gasteiger partial charge in [-0.2, -0.15) is 0 Å². The Morgan fingerprint density at radius 1 is 1.29 bits per heavy atom. The first-order chi connectivity index (χ1) is 7.99. The van der Waals surface area contributed by atoms with Gasteiger partial charge in [0, 0.05) is 6.04 Å². The van der Waals surface area contributed by atoms with Crippen LogP contribution in [0.1, 0.15) is 31.0 Å². The van der Waals surface area contributed by atoms with Crippen molar-refractivity contribution in [2.75, 3.05) is 7.05 Å². The van der Waals surface area contributed by atoms with Crippen molar-refractivity contribution in [3.63, 3.8) is 0 Å². The zero-order chi connectivity index (χ0) is 13.0. The molecule has 1 aromatic rings. The summed E-state index contributed by atoms with van der Waals surface area (Å²) in [6.45, 7) is 5.90. The normalized spacial score (nSPS) is 14.6. The van der Waals surface area contributed by atoms with Crippen LogP contribution >= 0.6 is 0 Å². The number of carbonyl (C=O) groups is 1. The summed E-state index contributed by atoms with van der Waals surface area (Å²) in [6, 6.07) is 7.78. The SMILES string of the molecule is CNC(c1ccccc1C)C(C(=O)O)C(C)C. The molecule has 2 N–H and O–H groups in total. The Morgan fingerprint density at radius 2 is 1.88 bits per heavy atom. The average molecular weight is 235 g/mol. The number of benzene rings is 1. The van der Waals surface area contributed by atoms with Crippen LogP contribution in [0.5, 0.6) is 0 Å². The smallest absolute Gasteiger partial charge is 0.308 e. The Bertz CT molecular complexity index is 388. The summed E-state index contributed by atoms with van der Waals surface area (Å²) in [7, 11) is 1.81. The molecule has 0 aliphatic heterocycles. The van der Waals surface area contributed by atoms with E-state index < -0.39 is 11.9 Å². The third kappa shape index (κ3) is 3.07. The van der Waals surface area contributed by atoms with Crippen LogP contribution < -0.4 is 5.32 Å². The lowest BCUT2D eigenvalue weighted by atomic mass is 9.83. The molecule has 1 rings (SSSR count). The number of carboxylic acids is 1. The fraction of sp³-hybridized carbons (Fsp3) is 0.500. The molecule has 0 aliphatic rings. The second-order valence-corrected chi connectivity index (χ2v) is 4.73. The lowest BCUT2D eigenvalue weighted by molar-refractivity contribution is -0.144. The van der Waals surface area contributed by atoms with E-state index in [0.717, 1.165) is 11.1 Å². The molecule has 0 amide bonds. The molecule has 0 bridgehead atoms. The highest BCUT2D eigenvalue weighted by atomic mass is 16.4. The molecular weight excluding hydrogens is 214 g/mol. The maximum absolute atomic E-state index is 11.4. The second kappa shape index (κ2) is 5.82. The van der Waals surface area contributed by atoms with Crippen LogP contribution in [0.3, 0.4) is 0 Å². The highest BCUT2D eigenvalue weighted by Crippen LogP contribution is 2.29. The minimum Gasteiger partial charge on any atom is -0.481 e. The molecule has 0 aromatic heterocycles. The maximum atomic E-state index is 11.4. The van der Waals surface area contributed by atoms with Crippen LogP contribution in [-0.2, 0) is 4.79 Å². The third-order valence-electron chi connectivity index (χ3n) is 3.20. The van der Waals surface area contributed by atoms with Gasteiger partial charge in [0.1, 0.15) is 0 Å². The molecule has 0 radical (unpaired) electrons. The van der Waals surface area contributed by atoms with Crippen LogP contribution in [0, 0.1) is 18.8 Å². The van der Waals surface area contributed by atoms with Crippen LogP contribution in [0.2, 0.25) is 0 Å². The molecule has 1 aromatic carbocycles. The molecule has 3 nitrogen and oxygen atoms in total. The van der Waals surface area contributed by atoms with Crippen molar-refractivity contribution >= 4 is 5.97 Å². The summed E-state index contributed by atoms with van der Waals surface area (Å²) in [6.07, 6.45) is 0. The zero-order valence-corrected chi connectivity index (χ0v) is 10.9. The molecule has 2 atom stereocenters. The van der Waals surface area contributed by atoms with Crippen molar-refractivity contribution in [2.45, 2.75) is 26.8 Å². The van der Waals surface area contributed by atoms with Crippen molar-refractivity contribution in [1.82, 2.24) is 5.32 Å². The molecule has 0 fully saturated rings. The summed E-state index contributed by atoms with van der Waals surface area (Å²) >= 11 is 0. The van der Waals surface area contributed by atoms with Gasteiger partial charge in [0.05, 0.1) is 5.92 Å². The van der Waals surface area contributed by atoms with Gasteiger partial charge in [-0.25, -0.2) is 0 Å². The number of rotatable bonds is 5. The number of aryl methyl sites for hydroxylation is 1. The van der Waals surface area contributed by atoms with Crippen molar-refractivity contribution in [2.24, 2.45) is 11.8 Å². The summed E-state index contributed by atoms with van der Waals surface area (Å²) in [5.74, 6) is -1.08. The summed E-state index contributed by atoms with van der Waals surface area (Å²) in [4.78, 5) is 11.4. The number of nitrogens with one attached hydrogen (secondary N) is 1. The van der Waals surface area contributed by atoms with Crippen LogP contribution in [0.4, 0.5) is 0 Å². The Kier molecular flexibility index (Phi) is 4.70. The molecule has 0 saturated carbocycles. The Morgan fingerprint density at radius 3 is 2.29 bits per heavy atom. The number of carboxylic acid groups (broad SMARTS) is 1. The van der Waals surface area contributed by atoms with E-state index in [1.165, 1.54) is 0 Å². The number of hydrogen-bond donors (Lipinski definition) is 2. The first-order valence-corrected chi connectivity index (χ1v) is 5.94. The van der Waals surface area contributed by atoms with Crippen LogP contribution in [0.15, 0.2) is 24.3 Å². The first-order valence-electron chi connectivity index (χ1n) is 5.94. The van der Waals surface area contributed by atoms with Gasteiger partial charge >= 0.3 is 5.97 Å². The average Bonchev–Trinajstić information content (AvgIpc) is 2.25. The predicted octanol–water partition coefficient (Wildman–Crippen LogP) is 2.61. The van der Waals surface area contributed by atoms with Gasteiger partial charge in [-0.3, -0.25) is 4.79 Å². The fourth-order valence-electron chi connectivity index (χ4n) is 2.28. The lowest BCUT2D eigenvalue weighted by Gasteiger charge is -2.28. The third-order valence-corrected chi connectivity index (χ3v) is 3.20. The first kappa shape index (κ1) is 13.7. The Hall–Kier alpha value is -1.35. The van der Waals surface area contributed by atoms with Gasteiger partial charge in [0.25, 0.3) is 0 Å². The zero-order valence-electron chi connectivity index (χ0n) is 10.9. The van der Waals surface area contributed by atoms with Gasteiger partial charge in [0.15, 0.2) is 0 Å². The van der Waals surface area contributed by atoms with E-state index >= 15 is 0 Å². The minimum atomic E-state index is -0.748. The van der Waals surface area contributed by atoms with Gasteiger partial charge in [0.2, 0.25) is 0 Å². The number of hydrogen-bond acceptors (Lipinski definition) is 2. The molecular formula is C14H21NO2. The monoisotopic (exact) mass is 235 g/mol. The Labute approximate surface area is 103 Å². The summed E-state index contributed by atoms with van der Waals surface area (Å²) in [5.41, 5.74) is 2.19. The molecule has 0 spiro atoms. The van der Waals surface area contributed by atoms with Crippen molar-refractivity contribution in [1.29, 1.82) is 0 Å². The number of aliphatic carboxylic acids is 1. The van der Waals surface area contributed by atoms with E-state index in [1.807, 2.05) is 52.1 Å². The van der Waals surface area contributed by atoms with Gasteiger partial charge < -0.3 is 10.4 Å². The second-order valence-electron chi connectivity index (χ2n) is 4.73. The lowest BCUT2D eigenvalue weighted by Crippen LogP contribution is -2.34. The van der Waals surface area contributed by atoms with Gasteiger partial charge in [-0.05, 0) is 31.0 Å². The molecule has 0 aliphatic carbocycles. The fourth-order valence-corrected chi connectivity index (χ4v) is 2.28. The van der Waals surface area contributed by atoms with Crippen molar-refractivity contribution in [3.05, 3.63) is 35.4 Å². The van der Waals surface area contributed by atoms with E-state index in [9.17, 15) is 9.90 Å². The molecule has 0 saturated heterocycles. The minimum absolute atomic E-state index is 0.0876. The molecule has 0 heterocycles. The van der Waals surface area contributed by atoms with Crippen molar-refractivity contribution < 1.29 is 9.90 Å². The van der Waals surface area contributed by atoms with E-state index in [2.05, 4.69) is 5.32 Å². The molecule has 3 heteroatoms. The molecule has 2 unspecified atom stereocenters. The van der Waals surface area contributed by atoms with E-state index in [-0.39, 0.29) is 12.0 Å². The summed E-state index contributed by atoms with van der Waals surface area (Å²) < 4.78 is 0. The standard InChI is InChI=1S/C14H21NO2/c1-9(2)12(14(16)17)13(15-4)11-8-6-5-7-10(11)3/h5-9,12-13,15H,1-4H3,(H,16,17). The van der Waals surface area contributed by atoms with Crippen molar-refractivity contribution in [3.8, 4) is 0 Å². The van der Waals surface area contributed by atoms with Crippen LogP contribution in [0.25, 0.3) is 0 Å². The van der Waals surface area contributed by atoms with E-state index in [0.29, 0.717) is 0 Å². The largest absolute Gasteiger partial charge is 0.481 e. The van der Waals surface area contributed by atoms with Crippen LogP contribution in [-0.4, -0.2) is 18.1 Å². The highest BCUT2D eigenvalue weighted by Gasteiger charge is 2.31. The quantitative estimate of drug-likeness (QED) is 0.824. The van der Waals surface area contributed by atoms with E-state index in [1.54, 1.807) is 0 Å². The summed E-state index contributed by atoms with van der Waals surface area (Å²) in [5, 5.41) is 12.5. The predicted molar refractivity (Wildman–Crippen MR) is 68.9 cm³/mol.